The van der Waals surface area contributed by atoms with E-state index in [1.165, 1.54) is 0 Å². The summed E-state index contributed by atoms with van der Waals surface area (Å²) >= 11 is 0. The van der Waals surface area contributed by atoms with Crippen LogP contribution >= 0.6 is 0 Å². The van der Waals surface area contributed by atoms with E-state index < -0.39 is 210 Å². The number of benzene rings is 4. The van der Waals surface area contributed by atoms with Gasteiger partial charge in [-0.2, -0.15) is 4.73 Å². The van der Waals surface area contributed by atoms with Crippen LogP contribution in [0.1, 0.15) is 22.8 Å². The summed E-state index contributed by atoms with van der Waals surface area (Å²) in [6.45, 7) is 0. The van der Waals surface area contributed by atoms with E-state index in [0.717, 1.165) is 0 Å². The van der Waals surface area contributed by atoms with E-state index in [-0.39, 0.29) is 0 Å². The molecule has 0 fully saturated rings. The van der Waals surface area contributed by atoms with Crippen LogP contribution in [-0.4, -0.2) is 15.0 Å². The van der Waals surface area contributed by atoms with Crippen molar-refractivity contribution in [1.29, 1.82) is 0 Å². The predicted molar refractivity (Wildman–Crippen MR) is 201 cm³/mol. The Labute approximate surface area is 366 Å². The van der Waals surface area contributed by atoms with Gasteiger partial charge in [-0.15, -0.1) is 0 Å². The largest absolute Gasteiger partial charge is 0.618 e. The maximum Gasteiger partial charge on any atom is 0.227 e. The van der Waals surface area contributed by atoms with Gasteiger partial charge in [-0.05, 0) is 36.4 Å². The van der Waals surface area contributed by atoms with E-state index >= 15 is 35.1 Å². The summed E-state index contributed by atoms with van der Waals surface area (Å²) in [5.74, 6) is -53.9. The fraction of sp³-hybridized carbons (Fsp3) is 0. The number of halogens is 20. The van der Waals surface area contributed by atoms with E-state index in [1.54, 1.807) is 0 Å². The molecule has 7 aromatic rings. The summed E-state index contributed by atoms with van der Waals surface area (Å²) in [5.41, 5.74) is -22.7. The van der Waals surface area contributed by atoms with Gasteiger partial charge in [0, 0.05) is 34.3 Å². The topological polar surface area (TPSA) is 71.4 Å². The minimum Gasteiger partial charge on any atom is -0.618 e. The highest BCUT2D eigenvalue weighted by Gasteiger charge is 2.37. The lowest BCUT2D eigenvalue weighted by Gasteiger charge is -2.12. The second kappa shape index (κ2) is 16.0. The Morgan fingerprint density at radius 3 is 0.725 bits per heavy atom. The molecule has 0 aliphatic carbocycles. The van der Waals surface area contributed by atoms with Gasteiger partial charge in [0.2, 0.25) is 34.7 Å². The van der Waals surface area contributed by atoms with Crippen LogP contribution in [0.3, 0.4) is 0 Å². The van der Waals surface area contributed by atoms with Crippen LogP contribution in [0.25, 0.3) is 90.9 Å². The summed E-state index contributed by atoms with van der Waals surface area (Å²) in [5, 5.41) is 14.5. The minimum absolute atomic E-state index is 0.399. The lowest BCUT2D eigenvalue weighted by atomic mass is 10.0. The second-order valence-electron chi connectivity index (χ2n) is 14.5. The van der Waals surface area contributed by atoms with Crippen LogP contribution in [-0.2, 0) is 0 Å². The first-order valence-corrected chi connectivity index (χ1v) is 18.5. The van der Waals surface area contributed by atoms with Crippen LogP contribution < -0.4 is 4.73 Å². The smallest absolute Gasteiger partial charge is 0.227 e. The summed E-state index contributed by atoms with van der Waals surface area (Å²) in [7, 11) is 0. The van der Waals surface area contributed by atoms with Crippen molar-refractivity contribution in [2.75, 3.05) is 0 Å². The monoisotopic (exact) mass is 990 g/mol. The Morgan fingerprint density at radius 1 is 0.275 bits per heavy atom. The Hall–Kier alpha value is -8.12. The third-order valence-electron chi connectivity index (χ3n) is 10.8. The highest BCUT2D eigenvalue weighted by atomic mass is 19.2. The Bertz CT molecular complexity index is 3410. The number of nitrogens with one attached hydrogen (secondary N) is 2. The van der Waals surface area contributed by atoms with Gasteiger partial charge < -0.3 is 15.2 Å². The van der Waals surface area contributed by atoms with Gasteiger partial charge in [-0.3, -0.25) is 0 Å². The summed E-state index contributed by atoms with van der Waals surface area (Å²) < 4.78 is 303. The molecule has 5 nitrogen and oxygen atoms in total. The van der Waals surface area contributed by atoms with Gasteiger partial charge in [0.05, 0.1) is 55.8 Å². The summed E-state index contributed by atoms with van der Waals surface area (Å²) in [6.07, 6.45) is 1.92. The zero-order chi connectivity index (χ0) is 50.1. The van der Waals surface area contributed by atoms with Crippen molar-refractivity contribution in [2.24, 2.45) is 0 Å². The number of aromatic amines is 2. The first kappa shape index (κ1) is 46.0. The quantitative estimate of drug-likeness (QED) is 0.0606. The molecule has 4 aromatic carbocycles. The number of nitrogens with zero attached hydrogens (tertiary/aromatic N) is 2. The van der Waals surface area contributed by atoms with Crippen LogP contribution in [0.15, 0.2) is 24.3 Å². The Balaban J connectivity index is 1.62. The number of H-pyrrole nitrogens is 2. The first-order chi connectivity index (χ1) is 32.5. The molecule has 9 rings (SSSR count). The highest BCUT2D eigenvalue weighted by molar-refractivity contribution is 5.99. The van der Waals surface area contributed by atoms with Crippen molar-refractivity contribution in [3.63, 3.8) is 0 Å². The van der Waals surface area contributed by atoms with Crippen LogP contribution in [0.5, 0.6) is 0 Å². The molecule has 2 aliphatic heterocycles. The van der Waals surface area contributed by atoms with Gasteiger partial charge in [0.15, 0.2) is 93.1 Å². The number of hydrogen-bond acceptors (Lipinski definition) is 2. The summed E-state index contributed by atoms with van der Waals surface area (Å²) in [4.78, 5) is 8.20. The Morgan fingerprint density at radius 2 is 0.478 bits per heavy atom. The Kier molecular flexibility index (Phi) is 10.7. The fourth-order valence-corrected chi connectivity index (χ4v) is 7.71. The van der Waals surface area contributed by atoms with E-state index in [9.17, 15) is 57.9 Å². The van der Waals surface area contributed by atoms with Crippen LogP contribution in [0.4, 0.5) is 87.8 Å². The van der Waals surface area contributed by atoms with E-state index in [4.69, 9.17) is 0 Å². The molecule has 0 saturated heterocycles. The molecule has 8 bridgehead atoms. The zero-order valence-electron chi connectivity index (χ0n) is 32.5. The normalized spacial score (nSPS) is 12.3. The van der Waals surface area contributed by atoms with Crippen molar-refractivity contribution in [3.8, 4) is 44.5 Å². The molecule has 25 heteroatoms. The SMILES string of the molecule is [O-][n+]1c2c(-c3c(F)c(F)c(F)c(F)c3F)c3ccc([nH]3)c(-c3c(F)c(F)c(F)c(F)c3F)c3nc(c(-c4c(F)c(F)c(F)c(F)c4F)c4ccc([nH]4)c(-c4c(F)c(F)c(F)c(F)c4F)c1C=C2)C=C3. The van der Waals surface area contributed by atoms with Gasteiger partial charge in [-0.1, -0.05) is 0 Å². The van der Waals surface area contributed by atoms with Crippen molar-refractivity contribution in [3.05, 3.63) is 169 Å². The molecule has 2 N–H and O–H groups in total. The van der Waals surface area contributed by atoms with Crippen LogP contribution in [0.2, 0.25) is 0 Å². The number of aromatic nitrogens is 4. The molecule has 5 heterocycles. The molecular formula is C44H10F20N4O. The molecule has 0 saturated carbocycles. The standard InChI is InChI=1S/C44H10F20N4O/c45-25-21(26(46)34(54)41(61)33(25)53)17-9-1-2-10(65-9)18(22-27(47)35(55)42(62)36(56)28(22)48)12-4-6-14(67-12)20(24-31(51)39(59)44(64)40(60)32(24)52)16-8-7-15(68(16)69)19(13-5-3-11(17)66-13)23-29(49)37(57)43(63)38(58)30(23)50/h1-8,66-67H. The predicted octanol–water partition coefficient (Wildman–Crippen LogP) is 13.3. The zero-order valence-corrected chi connectivity index (χ0v) is 32.5. The van der Waals surface area contributed by atoms with Gasteiger partial charge in [-0.25, -0.2) is 92.8 Å². The average Bonchev–Trinajstić information content (AvgIpc) is 4.18. The molecule has 0 amide bonds. The van der Waals surface area contributed by atoms with Gasteiger partial charge >= 0.3 is 0 Å². The number of hydrogen-bond donors (Lipinski definition) is 2. The van der Waals surface area contributed by atoms with Crippen molar-refractivity contribution in [2.45, 2.75) is 0 Å². The molecular weight excluding hydrogens is 980 g/mol. The maximum atomic E-state index is 15.8. The average molecular weight is 991 g/mol. The lowest BCUT2D eigenvalue weighted by Crippen LogP contribution is -2.31. The number of rotatable bonds is 4. The van der Waals surface area contributed by atoms with Gasteiger partial charge in [0.25, 0.3) is 0 Å². The third kappa shape index (κ3) is 6.48. The first-order valence-electron chi connectivity index (χ1n) is 18.5. The molecule has 352 valence electrons. The van der Waals surface area contributed by atoms with Gasteiger partial charge in [0.1, 0.15) is 0 Å². The third-order valence-corrected chi connectivity index (χ3v) is 10.8. The van der Waals surface area contributed by atoms with E-state index in [2.05, 4.69) is 15.0 Å². The second-order valence-corrected chi connectivity index (χ2v) is 14.5. The molecule has 69 heavy (non-hydrogen) atoms. The molecule has 0 atom stereocenters. The van der Waals surface area contributed by atoms with E-state index in [1.807, 2.05) is 0 Å². The molecule has 2 aliphatic rings. The number of fused-ring (bicyclic) bond motifs is 8. The van der Waals surface area contributed by atoms with Crippen molar-refractivity contribution < 1.29 is 92.5 Å². The van der Waals surface area contributed by atoms with Crippen LogP contribution in [0, 0.1) is 122 Å². The maximum absolute atomic E-state index is 15.8. The minimum atomic E-state index is -2.78. The molecule has 0 spiro atoms. The van der Waals surface area contributed by atoms with Crippen molar-refractivity contribution >= 4 is 46.4 Å². The van der Waals surface area contributed by atoms with Crippen molar-refractivity contribution in [1.82, 2.24) is 15.0 Å². The fourth-order valence-electron chi connectivity index (χ4n) is 7.71. The molecule has 3 aromatic heterocycles. The molecule has 0 unspecified atom stereocenters. The lowest BCUT2D eigenvalue weighted by molar-refractivity contribution is -0.605. The van der Waals surface area contributed by atoms with E-state index in [0.29, 0.717) is 48.6 Å². The highest BCUT2D eigenvalue weighted by Crippen LogP contribution is 2.44. The molecule has 0 radical (unpaired) electrons. The summed E-state index contributed by atoms with van der Waals surface area (Å²) in [6, 6.07) is 2.17.